The number of hydrogen-bond donors (Lipinski definition) is 2. The monoisotopic (exact) mass is 238 g/mol. The molecule has 1 aromatic rings. The first-order valence-corrected chi connectivity index (χ1v) is 4.13. The fraction of sp³-hybridized carbons (Fsp3) is 0.375. The summed E-state index contributed by atoms with van der Waals surface area (Å²) in [6, 6.07) is 0.991. The minimum atomic E-state index is -4.90. The van der Waals surface area contributed by atoms with Gasteiger partial charge < -0.3 is 15.2 Å². The molecular formula is C8H9F3N2O3. The van der Waals surface area contributed by atoms with Crippen LogP contribution in [0.2, 0.25) is 0 Å². The van der Waals surface area contributed by atoms with Crippen LogP contribution in [-0.2, 0) is 6.54 Å². The second-order valence-electron chi connectivity index (χ2n) is 2.76. The molecule has 0 aromatic carbocycles. The van der Waals surface area contributed by atoms with Crippen molar-refractivity contribution in [2.75, 3.05) is 7.11 Å². The van der Waals surface area contributed by atoms with Gasteiger partial charge >= 0.3 is 6.36 Å². The smallest absolute Gasteiger partial charge is 0.496 e. The van der Waals surface area contributed by atoms with Crippen LogP contribution in [0, 0.1) is 0 Å². The summed E-state index contributed by atoms with van der Waals surface area (Å²) in [7, 11) is 1.21. The molecule has 0 aliphatic heterocycles. The molecule has 1 aromatic heterocycles. The van der Waals surface area contributed by atoms with Crippen LogP contribution >= 0.6 is 0 Å². The Bertz CT molecular complexity index is 428. The van der Waals surface area contributed by atoms with Crippen molar-refractivity contribution in [3.8, 4) is 11.6 Å². The third-order valence-electron chi connectivity index (χ3n) is 1.71. The van der Waals surface area contributed by atoms with Gasteiger partial charge in [-0.15, -0.1) is 13.2 Å². The molecular weight excluding hydrogens is 229 g/mol. The Hall–Kier alpha value is -1.70. The van der Waals surface area contributed by atoms with Crippen LogP contribution in [-0.4, -0.2) is 18.5 Å². The second kappa shape index (κ2) is 4.44. The van der Waals surface area contributed by atoms with Gasteiger partial charge in [0.05, 0.1) is 12.7 Å². The van der Waals surface area contributed by atoms with Gasteiger partial charge in [0.25, 0.3) is 5.56 Å². The summed E-state index contributed by atoms with van der Waals surface area (Å²) in [5.74, 6) is -0.801. The Morgan fingerprint density at radius 2 is 2.12 bits per heavy atom. The maximum absolute atomic E-state index is 12.0. The lowest BCUT2D eigenvalue weighted by atomic mass is 10.2. The number of rotatable bonds is 3. The first-order chi connectivity index (χ1) is 7.37. The number of halogens is 3. The summed E-state index contributed by atoms with van der Waals surface area (Å²) in [6.45, 7) is -0.259. The van der Waals surface area contributed by atoms with E-state index >= 15 is 0 Å². The normalized spacial score (nSPS) is 11.3. The maximum atomic E-state index is 12.0. The van der Waals surface area contributed by atoms with E-state index in [0.717, 1.165) is 6.07 Å². The Morgan fingerprint density at radius 3 is 2.56 bits per heavy atom. The first-order valence-electron chi connectivity index (χ1n) is 4.13. The van der Waals surface area contributed by atoms with E-state index in [9.17, 15) is 18.0 Å². The molecule has 0 radical (unpaired) electrons. The molecule has 90 valence electrons. The predicted octanol–water partition coefficient (Wildman–Crippen LogP) is 0.741. The van der Waals surface area contributed by atoms with E-state index in [2.05, 4.69) is 4.74 Å². The van der Waals surface area contributed by atoms with Crippen LogP contribution < -0.4 is 20.8 Å². The van der Waals surface area contributed by atoms with Gasteiger partial charge in [-0.25, -0.2) is 0 Å². The van der Waals surface area contributed by atoms with Crippen LogP contribution in [0.3, 0.4) is 0 Å². The molecule has 0 aliphatic rings. The van der Waals surface area contributed by atoms with Crippen molar-refractivity contribution in [1.82, 2.24) is 4.98 Å². The highest BCUT2D eigenvalue weighted by Gasteiger charge is 2.33. The number of hydrogen-bond acceptors (Lipinski definition) is 4. The van der Waals surface area contributed by atoms with Crippen LogP contribution in [0.1, 0.15) is 5.56 Å². The standard InChI is InChI=1S/C8H9F3N2O3/c1-15-5-2-6(14)13-7(4(5)3-12)16-8(9,10)11/h2H,3,12H2,1H3,(H,13,14). The SMILES string of the molecule is COc1cc(=O)[nH]c(OC(F)(F)F)c1CN. The molecule has 5 nitrogen and oxygen atoms in total. The molecule has 0 spiro atoms. The highest BCUT2D eigenvalue weighted by molar-refractivity contribution is 5.39. The molecule has 0 saturated heterocycles. The van der Waals surface area contributed by atoms with Crippen LogP contribution in [0.25, 0.3) is 0 Å². The second-order valence-corrected chi connectivity index (χ2v) is 2.76. The van der Waals surface area contributed by atoms with Crippen LogP contribution in [0.15, 0.2) is 10.9 Å². The zero-order chi connectivity index (χ0) is 12.3. The average molecular weight is 238 g/mol. The van der Waals surface area contributed by atoms with E-state index in [1.807, 2.05) is 4.98 Å². The average Bonchev–Trinajstić information content (AvgIpc) is 2.14. The largest absolute Gasteiger partial charge is 0.574 e. The summed E-state index contributed by atoms with van der Waals surface area (Å²) < 4.78 is 44.4. The van der Waals surface area contributed by atoms with Gasteiger partial charge in [0, 0.05) is 12.6 Å². The Balaban J connectivity index is 3.26. The molecule has 0 saturated carbocycles. The number of alkyl halides is 3. The van der Waals surface area contributed by atoms with Gasteiger partial charge in [-0.2, -0.15) is 0 Å². The molecule has 3 N–H and O–H groups in total. The Morgan fingerprint density at radius 1 is 1.50 bits per heavy atom. The van der Waals surface area contributed by atoms with E-state index in [1.165, 1.54) is 7.11 Å². The summed E-state index contributed by atoms with van der Waals surface area (Å²) in [5.41, 5.74) is 4.42. The minimum Gasteiger partial charge on any atom is -0.496 e. The van der Waals surface area contributed by atoms with Gasteiger partial charge in [-0.1, -0.05) is 0 Å². The molecule has 0 atom stereocenters. The van der Waals surface area contributed by atoms with E-state index in [0.29, 0.717) is 0 Å². The van der Waals surface area contributed by atoms with Gasteiger partial charge in [0.1, 0.15) is 5.75 Å². The fourth-order valence-corrected chi connectivity index (χ4v) is 1.12. The number of nitrogens with one attached hydrogen (secondary N) is 1. The molecule has 8 heteroatoms. The lowest BCUT2D eigenvalue weighted by Crippen LogP contribution is -2.22. The van der Waals surface area contributed by atoms with Gasteiger partial charge in [0.15, 0.2) is 0 Å². The van der Waals surface area contributed by atoms with Gasteiger partial charge in [-0.3, -0.25) is 9.78 Å². The number of methoxy groups -OCH3 is 1. The minimum absolute atomic E-state index is 0.0505. The Kier molecular flexibility index (Phi) is 3.43. The number of nitrogens with two attached hydrogens (primary N) is 1. The van der Waals surface area contributed by atoms with Crippen molar-refractivity contribution in [2.45, 2.75) is 12.9 Å². The topological polar surface area (TPSA) is 77.3 Å². The fourth-order valence-electron chi connectivity index (χ4n) is 1.12. The van der Waals surface area contributed by atoms with E-state index in [1.54, 1.807) is 0 Å². The third-order valence-corrected chi connectivity index (χ3v) is 1.71. The summed E-state index contributed by atoms with van der Waals surface area (Å²) in [6.07, 6.45) is -4.90. The Labute approximate surface area is 88.0 Å². The quantitative estimate of drug-likeness (QED) is 0.814. The van der Waals surface area contributed by atoms with Gasteiger partial charge in [-0.05, 0) is 0 Å². The molecule has 0 aliphatic carbocycles. The van der Waals surface area contributed by atoms with Crippen LogP contribution in [0.5, 0.6) is 11.6 Å². The lowest BCUT2D eigenvalue weighted by Gasteiger charge is -2.13. The number of aromatic nitrogens is 1. The van der Waals surface area contributed by atoms with E-state index in [-0.39, 0.29) is 17.9 Å². The number of aromatic amines is 1. The van der Waals surface area contributed by atoms with Crippen molar-refractivity contribution < 1.29 is 22.6 Å². The number of pyridine rings is 1. The van der Waals surface area contributed by atoms with Crippen molar-refractivity contribution in [3.63, 3.8) is 0 Å². The molecule has 16 heavy (non-hydrogen) atoms. The lowest BCUT2D eigenvalue weighted by molar-refractivity contribution is -0.276. The summed E-state index contributed by atoms with van der Waals surface area (Å²) in [4.78, 5) is 12.9. The zero-order valence-electron chi connectivity index (χ0n) is 8.22. The third kappa shape index (κ3) is 2.89. The van der Waals surface area contributed by atoms with Crippen LogP contribution in [0.4, 0.5) is 13.2 Å². The van der Waals surface area contributed by atoms with Crippen molar-refractivity contribution >= 4 is 0 Å². The maximum Gasteiger partial charge on any atom is 0.574 e. The van der Waals surface area contributed by atoms with Crippen molar-refractivity contribution in [3.05, 3.63) is 22.0 Å². The number of ether oxygens (including phenoxy) is 2. The number of H-pyrrole nitrogens is 1. The molecule has 0 unspecified atom stereocenters. The molecule has 0 amide bonds. The van der Waals surface area contributed by atoms with Crippen molar-refractivity contribution in [2.24, 2.45) is 5.73 Å². The van der Waals surface area contributed by atoms with Gasteiger partial charge in [0.2, 0.25) is 5.88 Å². The summed E-state index contributed by atoms with van der Waals surface area (Å²) >= 11 is 0. The molecule has 1 heterocycles. The van der Waals surface area contributed by atoms with E-state index in [4.69, 9.17) is 10.5 Å². The molecule has 0 fully saturated rings. The first kappa shape index (κ1) is 12.4. The highest BCUT2D eigenvalue weighted by atomic mass is 19.4. The summed E-state index contributed by atoms with van der Waals surface area (Å²) in [5, 5.41) is 0. The predicted molar refractivity (Wildman–Crippen MR) is 48.2 cm³/mol. The molecule has 1 rings (SSSR count). The molecule has 0 bridgehead atoms. The van der Waals surface area contributed by atoms with Crippen molar-refractivity contribution in [1.29, 1.82) is 0 Å². The van der Waals surface area contributed by atoms with E-state index < -0.39 is 17.8 Å². The highest BCUT2D eigenvalue weighted by Crippen LogP contribution is 2.28. The zero-order valence-corrected chi connectivity index (χ0v) is 8.22.